The van der Waals surface area contributed by atoms with Crippen molar-refractivity contribution in [3.63, 3.8) is 0 Å². The summed E-state index contributed by atoms with van der Waals surface area (Å²) in [6.07, 6.45) is -5.27. The SMILES string of the molecule is COC[C@@H]1O[C@@H](O[C@H]2C(OC(C)=O)O[C@H](OC)[C@H]2OC)[C@H](OC)[C@H]1OC. The molecule has 0 aromatic carbocycles. The highest BCUT2D eigenvalue weighted by Crippen LogP contribution is 2.33. The molecule has 2 fully saturated rings. The third-order valence-corrected chi connectivity index (χ3v) is 4.35. The summed E-state index contributed by atoms with van der Waals surface area (Å²) in [6.45, 7) is 1.59. The van der Waals surface area contributed by atoms with Crippen molar-refractivity contribution in [2.75, 3.05) is 42.2 Å². The molecule has 26 heavy (non-hydrogen) atoms. The van der Waals surface area contributed by atoms with Crippen molar-refractivity contribution in [3.8, 4) is 0 Å². The highest BCUT2D eigenvalue weighted by atomic mass is 16.8. The summed E-state index contributed by atoms with van der Waals surface area (Å²) >= 11 is 0. The maximum absolute atomic E-state index is 11.4. The third kappa shape index (κ3) is 4.52. The van der Waals surface area contributed by atoms with Gasteiger partial charge in [0.2, 0.25) is 6.29 Å². The van der Waals surface area contributed by atoms with Crippen molar-refractivity contribution >= 4 is 5.97 Å². The Hall–Kier alpha value is -0.850. The Morgan fingerprint density at radius 2 is 1.38 bits per heavy atom. The van der Waals surface area contributed by atoms with Gasteiger partial charge in [0.1, 0.15) is 24.4 Å². The van der Waals surface area contributed by atoms with E-state index < -0.39 is 49.3 Å². The summed E-state index contributed by atoms with van der Waals surface area (Å²) in [5.74, 6) is -0.516. The van der Waals surface area contributed by atoms with E-state index in [0.29, 0.717) is 6.61 Å². The predicted octanol–water partition coefficient (Wildman–Crippen LogP) is -0.320. The maximum Gasteiger partial charge on any atom is 0.305 e. The Balaban J connectivity index is 2.17. The van der Waals surface area contributed by atoms with Crippen molar-refractivity contribution < 1.29 is 47.4 Å². The van der Waals surface area contributed by atoms with Gasteiger partial charge in [-0.05, 0) is 0 Å². The zero-order chi connectivity index (χ0) is 19.3. The van der Waals surface area contributed by atoms with Crippen molar-refractivity contribution in [2.24, 2.45) is 0 Å². The van der Waals surface area contributed by atoms with E-state index in [1.165, 1.54) is 28.3 Å². The first kappa shape index (κ1) is 21.5. The van der Waals surface area contributed by atoms with Crippen LogP contribution in [0.2, 0.25) is 0 Å². The van der Waals surface area contributed by atoms with Gasteiger partial charge in [0.25, 0.3) is 0 Å². The number of carbonyl (C=O) groups is 1. The van der Waals surface area contributed by atoms with Crippen LogP contribution in [0, 0.1) is 0 Å². The fraction of sp³-hybridized carbons (Fsp3) is 0.938. The quantitative estimate of drug-likeness (QED) is 0.495. The Morgan fingerprint density at radius 3 is 1.88 bits per heavy atom. The lowest BCUT2D eigenvalue weighted by Crippen LogP contribution is -2.45. The van der Waals surface area contributed by atoms with Crippen LogP contribution in [-0.2, 0) is 47.4 Å². The Morgan fingerprint density at radius 1 is 0.769 bits per heavy atom. The zero-order valence-electron chi connectivity index (χ0n) is 15.9. The minimum atomic E-state index is -1.01. The molecule has 0 N–H and O–H groups in total. The van der Waals surface area contributed by atoms with Gasteiger partial charge in [-0.15, -0.1) is 0 Å². The second-order valence-electron chi connectivity index (χ2n) is 5.92. The molecule has 0 bridgehead atoms. The van der Waals surface area contributed by atoms with E-state index in [9.17, 15) is 4.79 Å². The molecule has 0 spiro atoms. The van der Waals surface area contributed by atoms with Gasteiger partial charge in [-0.25, -0.2) is 0 Å². The first-order chi connectivity index (χ1) is 12.5. The molecule has 0 aliphatic carbocycles. The fourth-order valence-corrected chi connectivity index (χ4v) is 3.22. The van der Waals surface area contributed by atoms with Crippen molar-refractivity contribution in [2.45, 2.75) is 56.3 Å². The largest absolute Gasteiger partial charge is 0.433 e. The summed E-state index contributed by atoms with van der Waals surface area (Å²) in [7, 11) is 7.61. The van der Waals surface area contributed by atoms with Gasteiger partial charge >= 0.3 is 5.97 Å². The van der Waals surface area contributed by atoms with Crippen molar-refractivity contribution in [1.82, 2.24) is 0 Å². The Labute approximate surface area is 152 Å². The summed E-state index contributed by atoms with van der Waals surface area (Å²) < 4.78 is 49.5. The lowest BCUT2D eigenvalue weighted by atomic mass is 10.1. The smallest absolute Gasteiger partial charge is 0.305 e. The second kappa shape index (κ2) is 9.90. The zero-order valence-corrected chi connectivity index (χ0v) is 15.9. The predicted molar refractivity (Wildman–Crippen MR) is 85.2 cm³/mol. The van der Waals surface area contributed by atoms with Crippen LogP contribution in [0.3, 0.4) is 0 Å². The molecule has 0 amide bonds. The number of ether oxygens (including phenoxy) is 9. The summed E-state index contributed by atoms with van der Waals surface area (Å²) in [4.78, 5) is 11.4. The third-order valence-electron chi connectivity index (χ3n) is 4.35. The average molecular weight is 380 g/mol. The van der Waals surface area contributed by atoms with Gasteiger partial charge in [0.15, 0.2) is 18.7 Å². The highest BCUT2D eigenvalue weighted by molar-refractivity contribution is 5.66. The fourth-order valence-electron chi connectivity index (χ4n) is 3.22. The van der Waals surface area contributed by atoms with E-state index >= 15 is 0 Å². The molecule has 10 nitrogen and oxygen atoms in total. The number of hydrogen-bond donors (Lipinski definition) is 0. The molecule has 2 aliphatic heterocycles. The van der Waals surface area contributed by atoms with Crippen LogP contribution in [-0.4, -0.2) is 97.5 Å². The van der Waals surface area contributed by atoms with Crippen LogP contribution in [0.4, 0.5) is 0 Å². The van der Waals surface area contributed by atoms with Crippen LogP contribution in [0.25, 0.3) is 0 Å². The van der Waals surface area contributed by atoms with Crippen molar-refractivity contribution in [3.05, 3.63) is 0 Å². The molecule has 0 radical (unpaired) electrons. The topological polar surface area (TPSA) is 100 Å². The lowest BCUT2D eigenvalue weighted by Gasteiger charge is -2.27. The van der Waals surface area contributed by atoms with Gasteiger partial charge in [-0.1, -0.05) is 0 Å². The Kier molecular flexibility index (Phi) is 8.17. The van der Waals surface area contributed by atoms with Gasteiger partial charge < -0.3 is 42.6 Å². The van der Waals surface area contributed by atoms with Crippen LogP contribution in [0.1, 0.15) is 6.92 Å². The lowest BCUT2D eigenvalue weighted by molar-refractivity contribution is -0.249. The number of hydrogen-bond acceptors (Lipinski definition) is 10. The van der Waals surface area contributed by atoms with Crippen LogP contribution >= 0.6 is 0 Å². The number of rotatable bonds is 9. The van der Waals surface area contributed by atoms with E-state index in [2.05, 4.69) is 0 Å². The summed E-state index contributed by atoms with van der Waals surface area (Å²) in [5.41, 5.74) is 0. The molecular formula is C16H28O10. The molecule has 2 aliphatic rings. The van der Waals surface area contributed by atoms with Gasteiger partial charge in [-0.2, -0.15) is 0 Å². The number of esters is 1. The van der Waals surface area contributed by atoms with Crippen LogP contribution in [0.5, 0.6) is 0 Å². The number of carbonyl (C=O) groups excluding carboxylic acids is 1. The summed E-state index contributed by atoms with van der Waals surface area (Å²) in [5, 5.41) is 0. The molecular weight excluding hydrogens is 352 g/mol. The van der Waals surface area contributed by atoms with Crippen LogP contribution in [0.15, 0.2) is 0 Å². The van der Waals surface area contributed by atoms with Gasteiger partial charge in [0, 0.05) is 42.5 Å². The minimum absolute atomic E-state index is 0.307. The van der Waals surface area contributed by atoms with Gasteiger partial charge in [-0.3, -0.25) is 4.79 Å². The molecule has 152 valence electrons. The molecule has 8 atom stereocenters. The molecule has 0 aromatic rings. The minimum Gasteiger partial charge on any atom is -0.433 e. The first-order valence-electron chi connectivity index (χ1n) is 8.24. The van der Waals surface area contributed by atoms with Crippen molar-refractivity contribution in [1.29, 1.82) is 0 Å². The average Bonchev–Trinajstić information content (AvgIpc) is 3.12. The normalized spacial score (nSPS) is 40.1. The Bertz CT molecular complexity index is 447. The molecule has 1 unspecified atom stereocenters. The highest BCUT2D eigenvalue weighted by Gasteiger charge is 2.53. The molecule has 0 aromatic heterocycles. The standard InChI is InChI=1S/C16H28O10/c1-8(17)23-16-13(12(21-5)14(22-6)26-16)25-15-11(20-4)10(19-3)9(24-15)7-18-2/h9-16H,7H2,1-6H3/t9-,10-,11+,12-,13+,14-,15-,16?/m0/s1. The monoisotopic (exact) mass is 380 g/mol. The van der Waals surface area contributed by atoms with E-state index in [4.69, 9.17) is 42.6 Å². The van der Waals surface area contributed by atoms with E-state index in [1.807, 2.05) is 0 Å². The van der Waals surface area contributed by atoms with E-state index in [1.54, 1.807) is 14.2 Å². The first-order valence-corrected chi connectivity index (χ1v) is 8.24. The molecule has 10 heteroatoms. The van der Waals surface area contributed by atoms with Gasteiger partial charge in [0.05, 0.1) is 6.61 Å². The van der Waals surface area contributed by atoms with E-state index in [-0.39, 0.29) is 6.10 Å². The molecule has 0 saturated carbocycles. The maximum atomic E-state index is 11.4. The second-order valence-corrected chi connectivity index (χ2v) is 5.92. The molecule has 2 rings (SSSR count). The summed E-state index contributed by atoms with van der Waals surface area (Å²) in [6, 6.07) is 0. The van der Waals surface area contributed by atoms with E-state index in [0.717, 1.165) is 0 Å². The number of methoxy groups -OCH3 is 5. The molecule has 2 heterocycles. The molecule has 2 saturated heterocycles. The van der Waals surface area contributed by atoms with Crippen LogP contribution < -0.4 is 0 Å².